The minimum absolute atomic E-state index is 0.0458. The quantitative estimate of drug-likeness (QED) is 0.364. The molecule has 19 heavy (non-hydrogen) atoms. The van der Waals surface area contributed by atoms with Gasteiger partial charge in [-0.05, 0) is 24.3 Å². The van der Waals surface area contributed by atoms with E-state index in [0.29, 0.717) is 17.8 Å². The molecule has 0 aliphatic carbocycles. The maximum atomic E-state index is 12.2. The Morgan fingerprint density at radius 1 is 1.32 bits per heavy atom. The average Bonchev–Trinajstić information content (AvgIpc) is 2.87. The third-order valence-corrected chi connectivity index (χ3v) is 2.66. The summed E-state index contributed by atoms with van der Waals surface area (Å²) in [5, 5.41) is 10.5. The summed E-state index contributed by atoms with van der Waals surface area (Å²) in [5.41, 5.74) is 0.810. The Morgan fingerprint density at radius 3 is 2.58 bits per heavy atom. The number of carbonyl (C=O) groups is 1. The SMILES string of the molecule is C#CCn1cccc1C(=O)c1ccc([N+](=O)[O-])cc1. The van der Waals surface area contributed by atoms with E-state index in [1.54, 1.807) is 22.9 Å². The Labute approximate surface area is 109 Å². The Balaban J connectivity index is 2.31. The number of aromatic nitrogens is 1. The van der Waals surface area contributed by atoms with Crippen molar-refractivity contribution in [2.45, 2.75) is 6.54 Å². The molecule has 0 N–H and O–H groups in total. The maximum absolute atomic E-state index is 12.2. The van der Waals surface area contributed by atoms with E-state index < -0.39 is 4.92 Å². The third kappa shape index (κ3) is 2.53. The lowest BCUT2D eigenvalue weighted by Crippen LogP contribution is -2.09. The predicted molar refractivity (Wildman–Crippen MR) is 69.8 cm³/mol. The fraction of sp³-hybridized carbons (Fsp3) is 0.0714. The lowest BCUT2D eigenvalue weighted by atomic mass is 10.1. The third-order valence-electron chi connectivity index (χ3n) is 2.66. The van der Waals surface area contributed by atoms with Crippen LogP contribution in [0.1, 0.15) is 16.1 Å². The van der Waals surface area contributed by atoms with Gasteiger partial charge in [-0.1, -0.05) is 5.92 Å². The van der Waals surface area contributed by atoms with Crippen molar-refractivity contribution < 1.29 is 9.72 Å². The van der Waals surface area contributed by atoms with E-state index in [4.69, 9.17) is 6.42 Å². The van der Waals surface area contributed by atoms with Gasteiger partial charge in [-0.3, -0.25) is 14.9 Å². The highest BCUT2D eigenvalue weighted by molar-refractivity contribution is 6.08. The van der Waals surface area contributed by atoms with E-state index in [9.17, 15) is 14.9 Å². The van der Waals surface area contributed by atoms with E-state index in [-0.39, 0.29) is 11.5 Å². The molecule has 0 aliphatic rings. The summed E-state index contributed by atoms with van der Waals surface area (Å²) in [4.78, 5) is 22.3. The van der Waals surface area contributed by atoms with Gasteiger partial charge in [0, 0.05) is 23.9 Å². The molecule has 0 bridgehead atoms. The summed E-state index contributed by atoms with van der Waals surface area (Å²) < 4.78 is 1.66. The first-order chi connectivity index (χ1) is 9.13. The molecule has 1 aromatic carbocycles. The molecule has 1 heterocycles. The van der Waals surface area contributed by atoms with Crippen LogP contribution >= 0.6 is 0 Å². The van der Waals surface area contributed by atoms with Gasteiger partial charge in [-0.15, -0.1) is 6.42 Å². The molecule has 5 nitrogen and oxygen atoms in total. The number of hydrogen-bond acceptors (Lipinski definition) is 3. The largest absolute Gasteiger partial charge is 0.333 e. The van der Waals surface area contributed by atoms with Crippen molar-refractivity contribution in [1.29, 1.82) is 0 Å². The molecular formula is C14H10N2O3. The van der Waals surface area contributed by atoms with Gasteiger partial charge >= 0.3 is 0 Å². The zero-order chi connectivity index (χ0) is 13.8. The lowest BCUT2D eigenvalue weighted by molar-refractivity contribution is -0.384. The minimum atomic E-state index is -0.505. The smallest absolute Gasteiger partial charge is 0.269 e. The number of nitro groups is 1. The number of nitrogens with zero attached hydrogens (tertiary/aromatic N) is 2. The fourth-order valence-electron chi connectivity index (χ4n) is 1.74. The summed E-state index contributed by atoms with van der Waals surface area (Å²) >= 11 is 0. The van der Waals surface area contributed by atoms with Crippen molar-refractivity contribution in [3.63, 3.8) is 0 Å². The normalized spacial score (nSPS) is 9.84. The Kier molecular flexibility index (Phi) is 3.44. The zero-order valence-corrected chi connectivity index (χ0v) is 9.95. The van der Waals surface area contributed by atoms with E-state index in [1.165, 1.54) is 24.3 Å². The second-order valence-electron chi connectivity index (χ2n) is 3.86. The van der Waals surface area contributed by atoms with Gasteiger partial charge in [0.1, 0.15) is 0 Å². The van der Waals surface area contributed by atoms with Crippen LogP contribution in [0.2, 0.25) is 0 Å². The molecule has 0 aliphatic heterocycles. The van der Waals surface area contributed by atoms with E-state index in [2.05, 4.69) is 5.92 Å². The van der Waals surface area contributed by atoms with Gasteiger partial charge in [-0.25, -0.2) is 0 Å². The van der Waals surface area contributed by atoms with Crippen LogP contribution in [-0.4, -0.2) is 15.3 Å². The summed E-state index contributed by atoms with van der Waals surface area (Å²) in [7, 11) is 0. The number of benzene rings is 1. The molecule has 2 aromatic rings. The Hall–Kier alpha value is -2.87. The molecule has 0 spiro atoms. The number of carbonyl (C=O) groups excluding carboxylic acids is 1. The highest BCUT2D eigenvalue weighted by atomic mass is 16.6. The van der Waals surface area contributed by atoms with E-state index in [0.717, 1.165) is 0 Å². The van der Waals surface area contributed by atoms with Crippen molar-refractivity contribution in [1.82, 2.24) is 4.57 Å². The topological polar surface area (TPSA) is 65.1 Å². The molecule has 0 saturated carbocycles. The summed E-state index contributed by atoms with van der Waals surface area (Å²) in [6.45, 7) is 0.307. The number of terminal acetylenes is 1. The first-order valence-corrected chi connectivity index (χ1v) is 5.51. The van der Waals surface area contributed by atoms with Crippen LogP contribution in [0.25, 0.3) is 0 Å². The number of rotatable bonds is 4. The number of ketones is 1. The number of hydrogen-bond donors (Lipinski definition) is 0. The molecule has 1 aromatic heterocycles. The standard InChI is InChI=1S/C14H10N2O3/c1-2-9-15-10-3-4-13(15)14(17)11-5-7-12(8-6-11)16(18)19/h1,3-8,10H,9H2. The average molecular weight is 254 g/mol. The van der Waals surface area contributed by atoms with Crippen molar-refractivity contribution in [3.8, 4) is 12.3 Å². The molecule has 0 atom stereocenters. The van der Waals surface area contributed by atoms with Crippen LogP contribution in [0.3, 0.4) is 0 Å². The maximum Gasteiger partial charge on any atom is 0.269 e. The number of nitro benzene ring substituents is 1. The van der Waals surface area contributed by atoms with E-state index >= 15 is 0 Å². The molecule has 0 amide bonds. The number of non-ortho nitro benzene ring substituents is 1. The Bertz CT molecular complexity index is 663. The van der Waals surface area contributed by atoms with Gasteiger partial charge in [0.25, 0.3) is 5.69 Å². The lowest BCUT2D eigenvalue weighted by Gasteiger charge is -2.04. The first kappa shape index (κ1) is 12.6. The predicted octanol–water partition coefficient (Wildman–Crippen LogP) is 2.26. The molecule has 0 saturated heterocycles. The van der Waals surface area contributed by atoms with Crippen LogP contribution in [0.15, 0.2) is 42.6 Å². The van der Waals surface area contributed by atoms with Gasteiger partial charge in [0.05, 0.1) is 17.2 Å². The summed E-state index contributed by atoms with van der Waals surface area (Å²) in [5.74, 6) is 2.25. The molecule has 5 heteroatoms. The minimum Gasteiger partial charge on any atom is -0.333 e. The van der Waals surface area contributed by atoms with Crippen LogP contribution in [0.4, 0.5) is 5.69 Å². The second kappa shape index (κ2) is 5.19. The second-order valence-corrected chi connectivity index (χ2v) is 3.86. The van der Waals surface area contributed by atoms with Crippen molar-refractivity contribution in [2.24, 2.45) is 0 Å². The monoisotopic (exact) mass is 254 g/mol. The highest BCUT2D eigenvalue weighted by Crippen LogP contribution is 2.15. The molecule has 0 radical (unpaired) electrons. The van der Waals surface area contributed by atoms with Crippen LogP contribution in [0, 0.1) is 22.5 Å². The van der Waals surface area contributed by atoms with Crippen molar-refractivity contribution in [2.75, 3.05) is 0 Å². The molecule has 0 unspecified atom stereocenters. The zero-order valence-electron chi connectivity index (χ0n) is 9.95. The van der Waals surface area contributed by atoms with Crippen molar-refractivity contribution >= 4 is 11.5 Å². The van der Waals surface area contributed by atoms with E-state index in [1.807, 2.05) is 0 Å². The highest BCUT2D eigenvalue weighted by Gasteiger charge is 2.14. The Morgan fingerprint density at radius 2 is 2.00 bits per heavy atom. The van der Waals surface area contributed by atoms with Crippen LogP contribution in [-0.2, 0) is 6.54 Å². The molecule has 0 fully saturated rings. The van der Waals surface area contributed by atoms with Crippen LogP contribution < -0.4 is 0 Å². The first-order valence-electron chi connectivity index (χ1n) is 5.51. The summed E-state index contributed by atoms with van der Waals surface area (Å²) in [6, 6.07) is 8.89. The van der Waals surface area contributed by atoms with Crippen molar-refractivity contribution in [3.05, 3.63) is 64.0 Å². The molecule has 94 valence electrons. The van der Waals surface area contributed by atoms with Gasteiger partial charge in [0.2, 0.25) is 5.78 Å². The molecule has 2 rings (SSSR count). The van der Waals surface area contributed by atoms with Crippen LogP contribution in [0.5, 0.6) is 0 Å². The fourth-order valence-corrected chi connectivity index (χ4v) is 1.74. The van der Waals surface area contributed by atoms with Gasteiger partial charge in [-0.2, -0.15) is 0 Å². The summed E-state index contributed by atoms with van der Waals surface area (Å²) in [6.07, 6.45) is 6.94. The molecular weight excluding hydrogens is 244 g/mol. The van der Waals surface area contributed by atoms with Gasteiger partial charge in [0.15, 0.2) is 0 Å². The van der Waals surface area contributed by atoms with Gasteiger partial charge < -0.3 is 4.57 Å².